The molecule has 9 nitrogen and oxygen atoms in total. The summed E-state index contributed by atoms with van der Waals surface area (Å²) >= 11 is 5.84. The van der Waals surface area contributed by atoms with Crippen LogP contribution in [0.25, 0.3) is 0 Å². The van der Waals surface area contributed by atoms with E-state index in [9.17, 15) is 39.2 Å². The molecule has 2 heterocycles. The fraction of sp³-hybridized carbons (Fsp3) is 0.519. The van der Waals surface area contributed by atoms with Crippen LogP contribution in [0, 0.1) is 5.82 Å². The number of piperidine rings is 1. The second kappa shape index (κ2) is 12.4. The van der Waals surface area contributed by atoms with Crippen LogP contribution < -0.4 is 9.04 Å². The van der Waals surface area contributed by atoms with Crippen molar-refractivity contribution in [2.45, 2.75) is 68.7 Å². The summed E-state index contributed by atoms with van der Waals surface area (Å²) in [6.45, 7) is 1.90. The number of nitrogens with zero attached hydrogens (tertiary/aromatic N) is 2. The molecule has 2 aliphatic rings. The molecule has 2 aromatic carbocycles. The molecular formula is C27H31ClF4N2O7S2. The van der Waals surface area contributed by atoms with E-state index >= 15 is 0 Å². The van der Waals surface area contributed by atoms with Crippen LogP contribution in [0.4, 0.5) is 23.2 Å². The van der Waals surface area contributed by atoms with Crippen LogP contribution in [0.1, 0.15) is 45.1 Å². The number of halogens is 5. The van der Waals surface area contributed by atoms with Gasteiger partial charge < -0.3 is 9.47 Å². The van der Waals surface area contributed by atoms with E-state index in [0.29, 0.717) is 26.9 Å². The van der Waals surface area contributed by atoms with Crippen LogP contribution >= 0.6 is 11.6 Å². The van der Waals surface area contributed by atoms with Crippen LogP contribution in [-0.4, -0.2) is 70.4 Å². The van der Waals surface area contributed by atoms with Gasteiger partial charge in [-0.05, 0) is 62.6 Å². The predicted octanol–water partition coefficient (Wildman–Crippen LogP) is 5.07. The molecule has 1 atom stereocenters. The van der Waals surface area contributed by atoms with Crippen molar-refractivity contribution in [3.8, 4) is 5.75 Å². The number of hydrogen-bond donors (Lipinski definition) is 0. The molecule has 43 heavy (non-hydrogen) atoms. The van der Waals surface area contributed by atoms with Gasteiger partial charge >= 0.3 is 12.1 Å². The van der Waals surface area contributed by atoms with Crippen molar-refractivity contribution in [2.75, 3.05) is 29.7 Å². The lowest BCUT2D eigenvalue weighted by Crippen LogP contribution is -2.45. The lowest BCUT2D eigenvalue weighted by molar-refractivity contribution is -0.257. The first-order chi connectivity index (χ1) is 19.9. The predicted molar refractivity (Wildman–Crippen MR) is 151 cm³/mol. The minimum absolute atomic E-state index is 0.0381. The molecule has 0 saturated carbocycles. The summed E-state index contributed by atoms with van der Waals surface area (Å²) in [5, 5.41) is -0.442. The zero-order valence-electron chi connectivity index (χ0n) is 23.4. The third-order valence-electron chi connectivity index (χ3n) is 7.24. The van der Waals surface area contributed by atoms with E-state index < -0.39 is 61.2 Å². The number of carbonyl (C=O) groups excluding carboxylic acids is 1. The van der Waals surface area contributed by atoms with Gasteiger partial charge in [-0.3, -0.25) is 9.10 Å². The number of rotatable bonds is 9. The summed E-state index contributed by atoms with van der Waals surface area (Å²) in [5.41, 5.74) is -2.66. The third kappa shape index (κ3) is 7.55. The Morgan fingerprint density at radius 3 is 2.35 bits per heavy atom. The number of esters is 1. The van der Waals surface area contributed by atoms with Crippen molar-refractivity contribution < 1.29 is 48.7 Å². The molecule has 0 N–H and O–H groups in total. The second-order valence-corrected chi connectivity index (χ2v) is 15.2. The van der Waals surface area contributed by atoms with Gasteiger partial charge in [-0.1, -0.05) is 24.1 Å². The Bertz CT molecular complexity index is 1580. The largest absolute Gasteiger partial charge is 0.486 e. The lowest BCUT2D eigenvalue weighted by Gasteiger charge is -2.36. The van der Waals surface area contributed by atoms with Crippen LogP contribution in [0.5, 0.6) is 5.75 Å². The number of sulfonamides is 2. The molecule has 16 heteroatoms. The van der Waals surface area contributed by atoms with Crippen molar-refractivity contribution in [1.29, 1.82) is 0 Å². The minimum Gasteiger partial charge on any atom is -0.486 e. The Labute approximate surface area is 252 Å². The van der Waals surface area contributed by atoms with Crippen molar-refractivity contribution in [2.24, 2.45) is 0 Å². The first-order valence-electron chi connectivity index (χ1n) is 13.4. The van der Waals surface area contributed by atoms with Crippen LogP contribution in [0.15, 0.2) is 41.3 Å². The molecule has 2 aromatic rings. The number of hydrogen-bond acceptors (Lipinski definition) is 7. The fourth-order valence-electron chi connectivity index (χ4n) is 4.71. The van der Waals surface area contributed by atoms with Crippen molar-refractivity contribution >= 4 is 43.3 Å². The Morgan fingerprint density at radius 1 is 1.05 bits per heavy atom. The molecule has 0 radical (unpaired) electrons. The van der Waals surface area contributed by atoms with E-state index in [1.807, 2.05) is 0 Å². The monoisotopic (exact) mass is 670 g/mol. The lowest BCUT2D eigenvalue weighted by atomic mass is 10.1. The highest BCUT2D eigenvalue weighted by Crippen LogP contribution is 2.39. The summed E-state index contributed by atoms with van der Waals surface area (Å²) < 4.78 is 120. The first kappa shape index (κ1) is 33.3. The highest BCUT2D eigenvalue weighted by atomic mass is 35.5. The summed E-state index contributed by atoms with van der Waals surface area (Å²) in [7, 11) is -8.06. The first-order valence-corrected chi connectivity index (χ1v) is 16.9. The van der Waals surface area contributed by atoms with Gasteiger partial charge in [-0.2, -0.15) is 13.2 Å². The van der Waals surface area contributed by atoms with Gasteiger partial charge in [0.1, 0.15) is 17.7 Å². The summed E-state index contributed by atoms with van der Waals surface area (Å²) in [5.74, 6) is -2.29. The minimum atomic E-state index is -4.82. The molecule has 1 saturated heterocycles. The molecule has 2 aliphatic heterocycles. The third-order valence-corrected chi connectivity index (χ3v) is 11.2. The van der Waals surface area contributed by atoms with E-state index in [1.165, 1.54) is 22.5 Å². The number of carbonyl (C=O) groups is 1. The highest BCUT2D eigenvalue weighted by molar-refractivity contribution is 7.92. The molecule has 4 rings (SSSR count). The smallest absolute Gasteiger partial charge is 0.427 e. The molecule has 0 spiro atoms. The molecule has 0 unspecified atom stereocenters. The molecule has 1 fully saturated rings. The number of benzene rings is 2. The summed E-state index contributed by atoms with van der Waals surface area (Å²) in [6, 6.07) is 6.81. The average molecular weight is 671 g/mol. The highest BCUT2D eigenvalue weighted by Gasteiger charge is 2.50. The zero-order chi connectivity index (χ0) is 31.8. The molecule has 238 valence electrons. The van der Waals surface area contributed by atoms with Crippen molar-refractivity contribution in [3.05, 3.63) is 52.8 Å². The SMILES string of the molecule is CC(C)(OC(=O)Cc1ccc2c(c1)N(S(=O)(=O)c1ccc(F)c(Cl)c1)C[C@H](CCS(=O)(=O)N1CCCCC1)O2)C(F)(F)F. The standard InChI is InChI=1S/C27H31ClF4N2O7S2/c1-26(2,27(30,31)32)41-25(35)15-18-6-9-24-23(14-18)34(43(38,39)20-7-8-22(29)21(28)16-20)17-19(40-24)10-13-42(36,37)33-11-4-3-5-12-33/h6-9,14,16,19H,3-5,10-13,15,17H2,1-2H3/t19-/m0/s1. The van der Waals surface area contributed by atoms with Gasteiger partial charge in [0.15, 0.2) is 0 Å². The molecule has 0 aliphatic carbocycles. The Hall–Kier alpha value is -2.62. The molecule has 0 bridgehead atoms. The molecule has 0 amide bonds. The maximum Gasteiger partial charge on any atom is 0.427 e. The number of fused-ring (bicyclic) bond motifs is 1. The van der Waals surface area contributed by atoms with Gasteiger partial charge in [0.2, 0.25) is 15.6 Å². The van der Waals surface area contributed by atoms with Gasteiger partial charge in [-0.25, -0.2) is 25.5 Å². The zero-order valence-corrected chi connectivity index (χ0v) is 25.8. The van der Waals surface area contributed by atoms with E-state index in [1.54, 1.807) is 0 Å². The number of anilines is 1. The van der Waals surface area contributed by atoms with Gasteiger partial charge in [0.25, 0.3) is 10.0 Å². The van der Waals surface area contributed by atoms with Crippen molar-refractivity contribution in [1.82, 2.24) is 4.31 Å². The number of ether oxygens (including phenoxy) is 2. The summed E-state index contributed by atoms with van der Waals surface area (Å²) in [4.78, 5) is 12.0. The normalized spacial score (nSPS) is 18.6. The fourth-order valence-corrected chi connectivity index (χ4v) is 8.11. The quantitative estimate of drug-likeness (QED) is 0.271. The van der Waals surface area contributed by atoms with Gasteiger partial charge in [-0.15, -0.1) is 0 Å². The van der Waals surface area contributed by atoms with Gasteiger partial charge in [0, 0.05) is 19.5 Å². The van der Waals surface area contributed by atoms with E-state index in [-0.39, 0.29) is 40.6 Å². The van der Waals surface area contributed by atoms with Crippen molar-refractivity contribution in [3.63, 3.8) is 0 Å². The topological polar surface area (TPSA) is 110 Å². The molecular weight excluding hydrogens is 640 g/mol. The van der Waals surface area contributed by atoms with E-state index in [4.69, 9.17) is 16.3 Å². The Balaban J connectivity index is 1.63. The van der Waals surface area contributed by atoms with Crippen LogP contribution in [0.2, 0.25) is 5.02 Å². The maximum absolute atomic E-state index is 13.8. The van der Waals surface area contributed by atoms with E-state index in [2.05, 4.69) is 4.74 Å². The number of alkyl halides is 3. The average Bonchev–Trinajstić information content (AvgIpc) is 2.92. The summed E-state index contributed by atoms with van der Waals surface area (Å²) in [6.07, 6.45) is -3.93. The Morgan fingerprint density at radius 2 is 1.72 bits per heavy atom. The molecule has 0 aromatic heterocycles. The maximum atomic E-state index is 13.8. The van der Waals surface area contributed by atoms with E-state index in [0.717, 1.165) is 41.8 Å². The Kier molecular flexibility index (Phi) is 9.60. The second-order valence-electron chi connectivity index (χ2n) is 10.9. The van der Waals surface area contributed by atoms with Crippen LogP contribution in [0.3, 0.4) is 0 Å². The van der Waals surface area contributed by atoms with Gasteiger partial charge in [0.05, 0.1) is 34.3 Å². The van der Waals surface area contributed by atoms with Crippen LogP contribution in [-0.2, 0) is 36.0 Å².